The van der Waals surface area contributed by atoms with Crippen molar-refractivity contribution in [3.05, 3.63) is 36.5 Å². The Hall–Kier alpha value is -3.51. The maximum Gasteiger partial charge on any atom is 0.236 e. The number of aliphatic hydroxyl groups is 1. The SMILES string of the molecule is C[C@H]1C[C@@H](Nc2c(-c3ccnc(CO)n3)cnc3[nH]ccc23)CN(C(=O)CC#N)C1. The van der Waals surface area contributed by atoms with E-state index < -0.39 is 0 Å². The molecule has 2 atom stereocenters. The second kappa shape index (κ2) is 8.47. The zero-order chi connectivity index (χ0) is 21.1. The highest BCUT2D eigenvalue weighted by molar-refractivity contribution is 5.97. The van der Waals surface area contributed by atoms with Crippen LogP contribution in [0.5, 0.6) is 0 Å². The third kappa shape index (κ3) is 3.95. The van der Waals surface area contributed by atoms with E-state index in [2.05, 4.69) is 32.2 Å². The topological polar surface area (TPSA) is 131 Å². The van der Waals surface area contributed by atoms with E-state index in [9.17, 15) is 9.90 Å². The molecule has 154 valence electrons. The Morgan fingerprint density at radius 1 is 1.40 bits per heavy atom. The van der Waals surface area contributed by atoms with Crippen LogP contribution in [0.1, 0.15) is 25.6 Å². The van der Waals surface area contributed by atoms with Crippen LogP contribution < -0.4 is 5.32 Å². The number of aromatic nitrogens is 4. The summed E-state index contributed by atoms with van der Waals surface area (Å²) in [4.78, 5) is 30.2. The molecule has 1 aliphatic heterocycles. The van der Waals surface area contributed by atoms with Gasteiger partial charge in [-0.25, -0.2) is 15.0 Å². The second-order valence-electron chi connectivity index (χ2n) is 7.62. The van der Waals surface area contributed by atoms with E-state index in [1.165, 1.54) is 0 Å². The van der Waals surface area contributed by atoms with Gasteiger partial charge in [-0.3, -0.25) is 4.79 Å². The number of rotatable bonds is 5. The maximum absolute atomic E-state index is 12.3. The number of pyridine rings is 1. The summed E-state index contributed by atoms with van der Waals surface area (Å²) in [5.41, 5.74) is 3.08. The quantitative estimate of drug-likeness (QED) is 0.592. The van der Waals surface area contributed by atoms with Gasteiger partial charge in [0.1, 0.15) is 18.7 Å². The van der Waals surface area contributed by atoms with Crippen molar-refractivity contribution in [2.45, 2.75) is 32.4 Å². The number of nitriles is 1. The Bertz CT molecular complexity index is 1100. The minimum absolute atomic E-state index is 0.0230. The van der Waals surface area contributed by atoms with Gasteiger partial charge in [-0.15, -0.1) is 0 Å². The second-order valence-corrected chi connectivity index (χ2v) is 7.62. The van der Waals surface area contributed by atoms with Crippen LogP contribution in [-0.2, 0) is 11.4 Å². The number of H-pyrrole nitrogens is 1. The molecule has 4 rings (SSSR count). The van der Waals surface area contributed by atoms with Crippen LogP contribution >= 0.6 is 0 Å². The summed E-state index contributed by atoms with van der Waals surface area (Å²) in [5.74, 6) is 0.513. The molecule has 0 aromatic carbocycles. The van der Waals surface area contributed by atoms with Crippen molar-refractivity contribution in [3.63, 3.8) is 0 Å². The maximum atomic E-state index is 12.3. The standard InChI is InChI=1S/C21H23N7O2/c1-13-8-14(11-28(10-13)19(30)2-5-22)26-20-15-3-6-24-21(15)25-9-16(20)17-4-7-23-18(12-29)27-17/h3-4,6-7,9,13-14,29H,2,8,10-12H2,1H3,(H2,24,25,26)/t13-,14+/m0/s1. The molecule has 1 saturated heterocycles. The van der Waals surface area contributed by atoms with Crippen molar-refractivity contribution in [1.82, 2.24) is 24.8 Å². The van der Waals surface area contributed by atoms with E-state index in [1.54, 1.807) is 23.4 Å². The summed E-state index contributed by atoms with van der Waals surface area (Å²) in [7, 11) is 0. The summed E-state index contributed by atoms with van der Waals surface area (Å²) in [6.45, 7) is 3.06. The van der Waals surface area contributed by atoms with Crippen molar-refractivity contribution >= 4 is 22.6 Å². The van der Waals surface area contributed by atoms with Gasteiger partial charge in [0, 0.05) is 48.7 Å². The number of piperidine rings is 1. The molecular weight excluding hydrogens is 382 g/mol. The first-order valence-electron chi connectivity index (χ1n) is 9.89. The van der Waals surface area contributed by atoms with Gasteiger partial charge < -0.3 is 20.3 Å². The molecule has 3 N–H and O–H groups in total. The average molecular weight is 405 g/mol. The van der Waals surface area contributed by atoms with Crippen LogP contribution in [0.15, 0.2) is 30.7 Å². The van der Waals surface area contributed by atoms with Crippen molar-refractivity contribution in [2.75, 3.05) is 18.4 Å². The third-order valence-corrected chi connectivity index (χ3v) is 5.30. The van der Waals surface area contributed by atoms with Crippen molar-refractivity contribution < 1.29 is 9.90 Å². The first kappa shape index (κ1) is 19.8. The van der Waals surface area contributed by atoms with Crippen LogP contribution in [0, 0.1) is 17.2 Å². The molecule has 9 nitrogen and oxygen atoms in total. The number of anilines is 1. The molecule has 3 aromatic rings. The number of carbonyl (C=O) groups excluding carboxylic acids is 1. The summed E-state index contributed by atoms with van der Waals surface area (Å²) in [6.07, 6.45) is 5.99. The molecular formula is C21H23N7O2. The smallest absolute Gasteiger partial charge is 0.236 e. The highest BCUT2D eigenvalue weighted by atomic mass is 16.3. The van der Waals surface area contributed by atoms with Gasteiger partial charge in [0.25, 0.3) is 0 Å². The fourth-order valence-corrected chi connectivity index (χ4v) is 4.03. The molecule has 1 amide bonds. The lowest BCUT2D eigenvalue weighted by molar-refractivity contribution is -0.132. The highest BCUT2D eigenvalue weighted by Gasteiger charge is 2.28. The molecule has 9 heteroatoms. The van der Waals surface area contributed by atoms with Crippen LogP contribution in [-0.4, -0.2) is 55.0 Å². The molecule has 0 unspecified atom stereocenters. The van der Waals surface area contributed by atoms with E-state index in [-0.39, 0.29) is 25.0 Å². The number of fused-ring (bicyclic) bond motifs is 1. The molecule has 1 aliphatic rings. The van der Waals surface area contributed by atoms with E-state index in [4.69, 9.17) is 5.26 Å². The zero-order valence-electron chi connectivity index (χ0n) is 16.7. The van der Waals surface area contributed by atoms with Gasteiger partial charge in [0.05, 0.1) is 17.5 Å². The van der Waals surface area contributed by atoms with Gasteiger partial charge in [0.15, 0.2) is 5.82 Å². The molecule has 0 bridgehead atoms. The number of aromatic amines is 1. The van der Waals surface area contributed by atoms with Crippen molar-refractivity contribution in [2.24, 2.45) is 5.92 Å². The van der Waals surface area contributed by atoms with Crippen LogP contribution in [0.4, 0.5) is 5.69 Å². The summed E-state index contributed by atoms with van der Waals surface area (Å²) in [6, 6.07) is 5.71. The summed E-state index contributed by atoms with van der Waals surface area (Å²) in [5, 5.41) is 22.8. The molecule has 0 aliphatic carbocycles. The van der Waals surface area contributed by atoms with Crippen LogP contribution in [0.2, 0.25) is 0 Å². The molecule has 30 heavy (non-hydrogen) atoms. The van der Waals surface area contributed by atoms with Gasteiger partial charge in [0.2, 0.25) is 5.91 Å². The Morgan fingerprint density at radius 2 is 2.27 bits per heavy atom. The van der Waals surface area contributed by atoms with Gasteiger partial charge in [-0.2, -0.15) is 5.26 Å². The number of hydrogen-bond acceptors (Lipinski definition) is 7. The Labute approximate surface area is 173 Å². The van der Waals surface area contributed by atoms with Gasteiger partial charge in [-0.1, -0.05) is 6.92 Å². The number of nitrogens with one attached hydrogen (secondary N) is 2. The van der Waals surface area contributed by atoms with Crippen LogP contribution in [0.3, 0.4) is 0 Å². The first-order chi connectivity index (χ1) is 14.6. The number of hydrogen-bond donors (Lipinski definition) is 3. The van der Waals surface area contributed by atoms with E-state index in [0.29, 0.717) is 30.5 Å². The predicted molar refractivity (Wildman–Crippen MR) is 111 cm³/mol. The third-order valence-electron chi connectivity index (χ3n) is 5.30. The van der Waals surface area contributed by atoms with E-state index in [0.717, 1.165) is 28.7 Å². The molecule has 4 heterocycles. The minimum Gasteiger partial charge on any atom is -0.388 e. The number of nitrogens with zero attached hydrogens (tertiary/aromatic N) is 5. The lowest BCUT2D eigenvalue weighted by atomic mass is 9.95. The molecule has 1 fully saturated rings. The lowest BCUT2D eigenvalue weighted by Gasteiger charge is -2.37. The molecule has 0 spiro atoms. The fourth-order valence-electron chi connectivity index (χ4n) is 4.03. The summed E-state index contributed by atoms with van der Waals surface area (Å²) < 4.78 is 0. The lowest BCUT2D eigenvalue weighted by Crippen LogP contribution is -2.48. The fraction of sp³-hybridized carbons (Fsp3) is 0.381. The number of carbonyl (C=O) groups is 1. The number of likely N-dealkylation sites (tertiary alicyclic amines) is 1. The number of amides is 1. The zero-order valence-corrected chi connectivity index (χ0v) is 16.7. The van der Waals surface area contributed by atoms with Crippen molar-refractivity contribution in [3.8, 4) is 17.3 Å². The van der Waals surface area contributed by atoms with Gasteiger partial charge in [-0.05, 0) is 24.5 Å². The van der Waals surface area contributed by atoms with Crippen molar-refractivity contribution in [1.29, 1.82) is 5.26 Å². The normalized spacial score (nSPS) is 18.9. The number of aliphatic hydroxyl groups excluding tert-OH is 1. The van der Waals surface area contributed by atoms with Crippen LogP contribution in [0.25, 0.3) is 22.3 Å². The molecule has 0 saturated carbocycles. The Balaban J connectivity index is 1.70. The average Bonchev–Trinajstić information content (AvgIpc) is 3.23. The largest absolute Gasteiger partial charge is 0.388 e. The molecule has 0 radical (unpaired) electrons. The first-order valence-corrected chi connectivity index (χ1v) is 9.89. The van der Waals surface area contributed by atoms with E-state index in [1.807, 2.05) is 18.3 Å². The van der Waals surface area contributed by atoms with E-state index >= 15 is 0 Å². The predicted octanol–water partition coefficient (Wildman–Crippen LogP) is 2.07. The highest BCUT2D eigenvalue weighted by Crippen LogP contribution is 2.34. The minimum atomic E-state index is -0.244. The Morgan fingerprint density at radius 3 is 3.07 bits per heavy atom. The Kier molecular flexibility index (Phi) is 5.59. The monoisotopic (exact) mass is 405 g/mol. The summed E-state index contributed by atoms with van der Waals surface area (Å²) >= 11 is 0. The van der Waals surface area contributed by atoms with Gasteiger partial charge >= 0.3 is 0 Å². The molecule has 3 aromatic heterocycles.